The molecule has 0 aliphatic carbocycles. The van der Waals surface area contributed by atoms with Crippen molar-refractivity contribution >= 4 is 11.6 Å². The third kappa shape index (κ3) is 3.57. The van der Waals surface area contributed by atoms with Crippen molar-refractivity contribution in [2.24, 2.45) is 0 Å². The van der Waals surface area contributed by atoms with Crippen molar-refractivity contribution in [1.29, 1.82) is 0 Å². The van der Waals surface area contributed by atoms with Gasteiger partial charge in [0.15, 0.2) is 0 Å². The molecule has 0 unspecified atom stereocenters. The second kappa shape index (κ2) is 6.71. The first-order valence-electron chi connectivity index (χ1n) is 8.52. The predicted molar refractivity (Wildman–Crippen MR) is 79.5 cm³/mol. The fourth-order valence-electron chi connectivity index (χ4n) is 2.64. The molecule has 3 heteroatoms. The van der Waals surface area contributed by atoms with Gasteiger partial charge in [0.1, 0.15) is 0 Å². The van der Waals surface area contributed by atoms with E-state index in [1.807, 2.05) is 12.1 Å². The summed E-state index contributed by atoms with van der Waals surface area (Å²) in [6.45, 7) is 2.56. The molecule has 104 valence electrons. The Balaban J connectivity index is 1.95. The van der Waals surface area contributed by atoms with Crippen LogP contribution in [0, 0.1) is 0 Å². The first kappa shape index (κ1) is 10.4. The van der Waals surface area contributed by atoms with Crippen LogP contribution in [0.3, 0.4) is 0 Å². The molecule has 0 saturated heterocycles. The highest BCUT2D eigenvalue weighted by atomic mass is 16.1. The lowest BCUT2D eigenvalue weighted by Gasteiger charge is -2.21. The van der Waals surface area contributed by atoms with Gasteiger partial charge >= 0.3 is 0 Å². The summed E-state index contributed by atoms with van der Waals surface area (Å²) < 4.78 is 22.0. The number of benzene rings is 1. The van der Waals surface area contributed by atoms with Crippen LogP contribution in [0.25, 0.3) is 0 Å². The van der Waals surface area contributed by atoms with Crippen molar-refractivity contribution in [3.8, 4) is 0 Å². The standard InChI is InChI=1S/C16H24N2O/c1-3-9-18(10-4-2)11-8-13-6-5-7-15-14(13)12-16(19)17-15/h5-7H,3-4,8-12H2,1-2H3,(H,17,19)/i1D3. The van der Waals surface area contributed by atoms with E-state index in [1.54, 1.807) is 0 Å². The summed E-state index contributed by atoms with van der Waals surface area (Å²) in [7, 11) is 0. The summed E-state index contributed by atoms with van der Waals surface area (Å²) in [5, 5.41) is 2.87. The third-order valence-corrected chi connectivity index (χ3v) is 3.55. The van der Waals surface area contributed by atoms with E-state index in [-0.39, 0.29) is 12.3 Å². The maximum Gasteiger partial charge on any atom is 0.228 e. The van der Waals surface area contributed by atoms with E-state index in [1.165, 1.54) is 5.56 Å². The Bertz CT molecular complexity index is 529. The highest BCUT2D eigenvalue weighted by Crippen LogP contribution is 2.26. The van der Waals surface area contributed by atoms with E-state index in [2.05, 4.69) is 23.2 Å². The number of rotatable bonds is 7. The minimum absolute atomic E-state index is 0.0512. The molecule has 0 atom stereocenters. The maximum absolute atomic E-state index is 11.5. The molecule has 0 saturated carbocycles. The molecule has 2 rings (SSSR count). The fourth-order valence-corrected chi connectivity index (χ4v) is 2.64. The molecule has 0 spiro atoms. The van der Waals surface area contributed by atoms with Gasteiger partial charge in [0.25, 0.3) is 0 Å². The van der Waals surface area contributed by atoms with E-state index >= 15 is 0 Å². The molecule has 1 amide bonds. The van der Waals surface area contributed by atoms with Crippen molar-refractivity contribution in [1.82, 2.24) is 4.90 Å². The predicted octanol–water partition coefficient (Wildman–Crippen LogP) is 2.85. The van der Waals surface area contributed by atoms with Crippen LogP contribution in [0.15, 0.2) is 18.2 Å². The highest BCUT2D eigenvalue weighted by Gasteiger charge is 2.20. The number of hydrogen-bond acceptors (Lipinski definition) is 2. The second-order valence-electron chi connectivity index (χ2n) is 5.01. The largest absolute Gasteiger partial charge is 0.326 e. The summed E-state index contributed by atoms with van der Waals surface area (Å²) >= 11 is 0. The molecule has 0 aromatic heterocycles. The molecule has 1 heterocycles. The number of carbonyl (C=O) groups is 1. The van der Waals surface area contributed by atoms with Gasteiger partial charge in [0, 0.05) is 16.3 Å². The molecule has 3 nitrogen and oxygen atoms in total. The van der Waals surface area contributed by atoms with Crippen molar-refractivity contribution in [2.75, 3.05) is 25.0 Å². The van der Waals surface area contributed by atoms with Crippen LogP contribution in [0.4, 0.5) is 5.69 Å². The molecule has 0 bridgehead atoms. The molecule has 1 N–H and O–H groups in total. The minimum atomic E-state index is -1.86. The van der Waals surface area contributed by atoms with Crippen LogP contribution in [-0.2, 0) is 17.6 Å². The molecule has 1 aromatic carbocycles. The van der Waals surface area contributed by atoms with Gasteiger partial charge in [0.05, 0.1) is 6.42 Å². The molecule has 1 aliphatic heterocycles. The molecular formula is C16H24N2O. The van der Waals surface area contributed by atoms with Gasteiger partial charge in [-0.05, 0) is 49.5 Å². The minimum Gasteiger partial charge on any atom is -0.326 e. The zero-order chi connectivity index (χ0) is 16.2. The number of amides is 1. The highest BCUT2D eigenvalue weighted by molar-refractivity contribution is 5.99. The van der Waals surface area contributed by atoms with E-state index in [0.29, 0.717) is 13.0 Å². The van der Waals surface area contributed by atoms with Crippen molar-refractivity contribution < 1.29 is 8.91 Å². The lowest BCUT2D eigenvalue weighted by molar-refractivity contribution is -0.115. The normalized spacial score (nSPS) is 16.7. The second-order valence-corrected chi connectivity index (χ2v) is 5.01. The monoisotopic (exact) mass is 263 g/mol. The zero-order valence-corrected chi connectivity index (χ0v) is 11.5. The molecule has 0 radical (unpaired) electrons. The van der Waals surface area contributed by atoms with Crippen molar-refractivity contribution in [3.63, 3.8) is 0 Å². The summed E-state index contributed by atoms with van der Waals surface area (Å²) in [6, 6.07) is 5.96. The number of nitrogens with one attached hydrogen (secondary N) is 1. The topological polar surface area (TPSA) is 32.3 Å². The molecule has 0 fully saturated rings. The van der Waals surface area contributed by atoms with E-state index in [4.69, 9.17) is 4.11 Å². The zero-order valence-electron chi connectivity index (χ0n) is 14.5. The summed E-state index contributed by atoms with van der Waals surface area (Å²) in [5.74, 6) is 0.0512. The fraction of sp³-hybridized carbons (Fsp3) is 0.562. The number of hydrogen-bond donors (Lipinski definition) is 1. The maximum atomic E-state index is 11.5. The average Bonchev–Trinajstić information content (AvgIpc) is 2.81. The van der Waals surface area contributed by atoms with Crippen LogP contribution in [0.2, 0.25) is 0 Å². The Morgan fingerprint density at radius 2 is 2.16 bits per heavy atom. The van der Waals surface area contributed by atoms with Crippen LogP contribution < -0.4 is 5.32 Å². The number of anilines is 1. The van der Waals surface area contributed by atoms with E-state index < -0.39 is 6.85 Å². The Morgan fingerprint density at radius 1 is 1.32 bits per heavy atom. The van der Waals surface area contributed by atoms with Gasteiger partial charge in [0.2, 0.25) is 5.91 Å². The van der Waals surface area contributed by atoms with E-state index in [0.717, 1.165) is 37.2 Å². The first-order valence-corrected chi connectivity index (χ1v) is 7.02. The number of fused-ring (bicyclic) bond motifs is 1. The van der Waals surface area contributed by atoms with Crippen molar-refractivity contribution in [3.05, 3.63) is 29.3 Å². The molecule has 1 aromatic rings. The van der Waals surface area contributed by atoms with Gasteiger partial charge < -0.3 is 10.2 Å². The smallest absolute Gasteiger partial charge is 0.228 e. The quantitative estimate of drug-likeness (QED) is 0.820. The summed E-state index contributed by atoms with van der Waals surface area (Å²) in [5.41, 5.74) is 3.21. The van der Waals surface area contributed by atoms with Crippen molar-refractivity contribution in [2.45, 2.75) is 39.5 Å². The molecular weight excluding hydrogens is 236 g/mol. The average molecular weight is 263 g/mol. The molecule has 1 aliphatic rings. The first-order chi connectivity index (χ1) is 10.4. The number of carbonyl (C=O) groups excluding carboxylic acids is 1. The Kier molecular flexibility index (Phi) is 3.69. The SMILES string of the molecule is [2H]C([2H])([2H])CCN(CCC)CCc1cccc2c1CC(=O)N2. The van der Waals surface area contributed by atoms with Gasteiger partial charge in [-0.3, -0.25) is 4.79 Å². The van der Waals surface area contributed by atoms with Crippen LogP contribution >= 0.6 is 0 Å². The van der Waals surface area contributed by atoms with Crippen LogP contribution in [0.5, 0.6) is 0 Å². The van der Waals surface area contributed by atoms with Crippen LogP contribution in [0.1, 0.15) is 41.9 Å². The summed E-state index contributed by atoms with van der Waals surface area (Å²) in [4.78, 5) is 13.7. The van der Waals surface area contributed by atoms with E-state index in [9.17, 15) is 4.79 Å². The van der Waals surface area contributed by atoms with Gasteiger partial charge in [-0.15, -0.1) is 0 Å². The Labute approximate surface area is 120 Å². The Morgan fingerprint density at radius 3 is 2.95 bits per heavy atom. The lowest BCUT2D eigenvalue weighted by Crippen LogP contribution is -2.28. The molecule has 19 heavy (non-hydrogen) atoms. The van der Waals surface area contributed by atoms with Gasteiger partial charge in [-0.25, -0.2) is 0 Å². The number of nitrogens with zero attached hydrogens (tertiary/aromatic N) is 1. The van der Waals surface area contributed by atoms with Gasteiger partial charge in [-0.2, -0.15) is 0 Å². The Hall–Kier alpha value is -1.35. The third-order valence-electron chi connectivity index (χ3n) is 3.55. The van der Waals surface area contributed by atoms with Crippen LogP contribution in [-0.4, -0.2) is 30.4 Å². The van der Waals surface area contributed by atoms with Gasteiger partial charge in [-0.1, -0.05) is 25.9 Å². The lowest BCUT2D eigenvalue weighted by atomic mass is 10.0. The summed E-state index contributed by atoms with van der Waals surface area (Å²) in [6.07, 6.45) is 2.53.